The van der Waals surface area contributed by atoms with Gasteiger partial charge in [0.15, 0.2) is 0 Å². The average molecular weight is 299 g/mol. The molecule has 0 N–H and O–H groups in total. The Morgan fingerprint density at radius 3 is 2.59 bits per heavy atom. The van der Waals surface area contributed by atoms with E-state index in [1.807, 2.05) is 52.0 Å². The lowest BCUT2D eigenvalue weighted by Gasteiger charge is -2.19. The Hall–Kier alpha value is -2.63. The van der Waals surface area contributed by atoms with E-state index in [2.05, 4.69) is 10.3 Å². The highest BCUT2D eigenvalue weighted by atomic mass is 16.6. The molecule has 114 valence electrons. The van der Waals surface area contributed by atoms with Crippen LogP contribution in [0.1, 0.15) is 26.5 Å². The molecule has 6 heteroatoms. The van der Waals surface area contributed by atoms with E-state index in [-0.39, 0.29) is 0 Å². The molecule has 0 spiro atoms. The molecule has 0 aliphatic carbocycles. The fourth-order valence-corrected chi connectivity index (χ4v) is 2.31. The predicted molar refractivity (Wildman–Crippen MR) is 81.6 cm³/mol. The van der Waals surface area contributed by atoms with E-state index >= 15 is 0 Å². The highest BCUT2D eigenvalue weighted by molar-refractivity contribution is 6.00. The van der Waals surface area contributed by atoms with Gasteiger partial charge < -0.3 is 4.74 Å². The molecule has 0 aliphatic heterocycles. The van der Waals surface area contributed by atoms with Crippen molar-refractivity contribution in [2.24, 2.45) is 0 Å². The van der Waals surface area contributed by atoms with Crippen LogP contribution >= 0.6 is 0 Å². The molecule has 1 aromatic carbocycles. The van der Waals surface area contributed by atoms with Crippen LogP contribution in [0.15, 0.2) is 35.1 Å². The van der Waals surface area contributed by atoms with Gasteiger partial charge in [0, 0.05) is 17.1 Å². The summed E-state index contributed by atoms with van der Waals surface area (Å²) in [6.07, 6.45) is 1.29. The molecule has 6 nitrogen and oxygen atoms in total. The Bertz CT molecular complexity index is 840. The summed E-state index contributed by atoms with van der Waals surface area (Å²) in [7, 11) is 0. The summed E-state index contributed by atoms with van der Waals surface area (Å²) >= 11 is 0. The van der Waals surface area contributed by atoms with E-state index in [1.165, 1.54) is 4.57 Å². The zero-order valence-electron chi connectivity index (χ0n) is 13.0. The molecular formula is C16H17N3O3. The number of para-hydroxylation sites is 1. The first-order chi connectivity index (χ1) is 10.4. The maximum Gasteiger partial charge on any atom is 0.419 e. The van der Waals surface area contributed by atoms with Gasteiger partial charge in [-0.15, -0.1) is 0 Å². The lowest BCUT2D eigenvalue weighted by atomic mass is 10.1. The van der Waals surface area contributed by atoms with Crippen LogP contribution in [0.25, 0.3) is 22.2 Å². The number of aromatic nitrogens is 3. The molecule has 0 saturated carbocycles. The van der Waals surface area contributed by atoms with E-state index in [1.54, 1.807) is 6.20 Å². The SMILES string of the molecule is Cc1nonc1-c1cn(C(=O)OC(C)(C)C)c2ccccc12. The van der Waals surface area contributed by atoms with Crippen LogP contribution in [0.4, 0.5) is 4.79 Å². The van der Waals surface area contributed by atoms with E-state index in [4.69, 9.17) is 9.37 Å². The molecule has 3 aromatic rings. The van der Waals surface area contributed by atoms with E-state index < -0.39 is 11.7 Å². The fourth-order valence-electron chi connectivity index (χ4n) is 2.31. The molecule has 0 saturated heterocycles. The van der Waals surface area contributed by atoms with Gasteiger partial charge in [-0.3, -0.25) is 4.57 Å². The van der Waals surface area contributed by atoms with Crippen molar-refractivity contribution in [2.75, 3.05) is 0 Å². The fraction of sp³-hybridized carbons (Fsp3) is 0.312. The van der Waals surface area contributed by atoms with Gasteiger partial charge in [0.2, 0.25) is 0 Å². The minimum atomic E-state index is -0.562. The predicted octanol–water partition coefficient (Wildman–Crippen LogP) is 3.78. The Morgan fingerprint density at radius 1 is 1.23 bits per heavy atom. The monoisotopic (exact) mass is 299 g/mol. The molecule has 22 heavy (non-hydrogen) atoms. The first-order valence-corrected chi connectivity index (χ1v) is 7.00. The molecule has 0 bridgehead atoms. The van der Waals surface area contributed by atoms with Gasteiger partial charge in [-0.1, -0.05) is 23.4 Å². The average Bonchev–Trinajstić information content (AvgIpc) is 3.00. The van der Waals surface area contributed by atoms with Crippen LogP contribution in [-0.4, -0.2) is 26.6 Å². The lowest BCUT2D eigenvalue weighted by molar-refractivity contribution is 0.0544. The van der Waals surface area contributed by atoms with Gasteiger partial charge in [-0.25, -0.2) is 9.42 Å². The number of nitrogens with zero attached hydrogens (tertiary/aromatic N) is 3. The zero-order chi connectivity index (χ0) is 15.9. The molecule has 0 amide bonds. The standard InChI is InChI=1S/C16H17N3O3/c1-10-14(18-22-17-10)12-9-19(15(20)21-16(2,3)4)13-8-6-5-7-11(12)13/h5-9H,1-4H3. The molecule has 0 aliphatic rings. The second-order valence-corrected chi connectivity index (χ2v) is 6.11. The molecule has 0 atom stereocenters. The molecule has 2 aromatic heterocycles. The summed E-state index contributed by atoms with van der Waals surface area (Å²) in [6.45, 7) is 7.32. The smallest absolute Gasteiger partial charge is 0.419 e. The van der Waals surface area contributed by atoms with Gasteiger partial charge in [0.05, 0.1) is 5.52 Å². The number of aryl methyl sites for hydroxylation is 1. The third-order valence-electron chi connectivity index (χ3n) is 3.21. The topological polar surface area (TPSA) is 70.2 Å². The molecule has 0 unspecified atom stereocenters. The van der Waals surface area contributed by atoms with Crippen molar-refractivity contribution in [1.82, 2.24) is 14.9 Å². The Labute approximate surface area is 127 Å². The van der Waals surface area contributed by atoms with Crippen LogP contribution in [0, 0.1) is 6.92 Å². The summed E-state index contributed by atoms with van der Waals surface area (Å²) in [5, 5.41) is 8.63. The number of hydrogen-bond donors (Lipinski definition) is 0. The van der Waals surface area contributed by atoms with E-state index in [9.17, 15) is 4.79 Å². The first-order valence-electron chi connectivity index (χ1n) is 7.00. The van der Waals surface area contributed by atoms with Gasteiger partial charge >= 0.3 is 6.09 Å². The lowest BCUT2D eigenvalue weighted by Crippen LogP contribution is -2.26. The summed E-state index contributed by atoms with van der Waals surface area (Å²) in [4.78, 5) is 12.4. The molecule has 0 radical (unpaired) electrons. The van der Waals surface area contributed by atoms with Gasteiger partial charge in [-0.05, 0) is 38.9 Å². The molecule has 0 fully saturated rings. The number of hydrogen-bond acceptors (Lipinski definition) is 5. The van der Waals surface area contributed by atoms with Crippen LogP contribution in [0.3, 0.4) is 0 Å². The van der Waals surface area contributed by atoms with Crippen LogP contribution < -0.4 is 0 Å². The Morgan fingerprint density at radius 2 is 1.95 bits per heavy atom. The van der Waals surface area contributed by atoms with Crippen molar-refractivity contribution < 1.29 is 14.2 Å². The summed E-state index contributed by atoms with van der Waals surface area (Å²) < 4.78 is 11.7. The molecule has 3 rings (SSSR count). The van der Waals surface area contributed by atoms with Gasteiger partial charge in [0.25, 0.3) is 0 Å². The van der Waals surface area contributed by atoms with E-state index in [0.29, 0.717) is 11.4 Å². The summed E-state index contributed by atoms with van der Waals surface area (Å²) in [5.74, 6) is 0. The highest BCUT2D eigenvalue weighted by Crippen LogP contribution is 2.31. The quantitative estimate of drug-likeness (QED) is 0.684. The Balaban J connectivity index is 2.17. The number of rotatable bonds is 1. The normalized spacial score (nSPS) is 11.8. The zero-order valence-corrected chi connectivity index (χ0v) is 13.0. The minimum absolute atomic E-state index is 0.427. The van der Waals surface area contributed by atoms with Crippen molar-refractivity contribution >= 4 is 17.0 Å². The van der Waals surface area contributed by atoms with Crippen LogP contribution in [-0.2, 0) is 4.74 Å². The second kappa shape index (κ2) is 4.98. The number of fused-ring (bicyclic) bond motifs is 1. The molecular weight excluding hydrogens is 282 g/mol. The highest BCUT2D eigenvalue weighted by Gasteiger charge is 2.22. The third-order valence-corrected chi connectivity index (χ3v) is 3.21. The maximum atomic E-state index is 12.4. The van der Waals surface area contributed by atoms with E-state index in [0.717, 1.165) is 16.5 Å². The third kappa shape index (κ3) is 2.47. The number of benzene rings is 1. The molecule has 2 heterocycles. The minimum Gasteiger partial charge on any atom is -0.443 e. The van der Waals surface area contributed by atoms with Crippen molar-refractivity contribution in [1.29, 1.82) is 0 Å². The first kappa shape index (κ1) is 14.3. The summed E-state index contributed by atoms with van der Waals surface area (Å²) in [6, 6.07) is 7.58. The maximum absolute atomic E-state index is 12.4. The van der Waals surface area contributed by atoms with Crippen LogP contribution in [0.2, 0.25) is 0 Å². The van der Waals surface area contributed by atoms with Crippen LogP contribution in [0.5, 0.6) is 0 Å². The second-order valence-electron chi connectivity index (χ2n) is 6.11. The van der Waals surface area contributed by atoms with Gasteiger partial charge in [0.1, 0.15) is 17.0 Å². The van der Waals surface area contributed by atoms with Crippen molar-refractivity contribution in [3.05, 3.63) is 36.2 Å². The number of ether oxygens (including phenoxy) is 1. The van der Waals surface area contributed by atoms with Crippen molar-refractivity contribution in [2.45, 2.75) is 33.3 Å². The van der Waals surface area contributed by atoms with Gasteiger partial charge in [-0.2, -0.15) is 0 Å². The number of carbonyl (C=O) groups excluding carboxylic acids is 1. The summed E-state index contributed by atoms with van der Waals surface area (Å²) in [5.41, 5.74) is 2.29. The van der Waals surface area contributed by atoms with Crippen molar-refractivity contribution in [3.63, 3.8) is 0 Å². The Kier molecular flexibility index (Phi) is 3.24. The largest absolute Gasteiger partial charge is 0.443 e. The van der Waals surface area contributed by atoms with Crippen molar-refractivity contribution in [3.8, 4) is 11.3 Å². The number of carbonyl (C=O) groups is 1.